The van der Waals surface area contributed by atoms with Crippen molar-refractivity contribution in [3.05, 3.63) is 18.2 Å². The number of aliphatic hydroxyl groups excluding tert-OH is 2. The minimum absolute atomic E-state index is 0.0558. The van der Waals surface area contributed by atoms with Gasteiger partial charge in [0.25, 0.3) is 0 Å². The van der Waals surface area contributed by atoms with Crippen molar-refractivity contribution in [1.82, 2.24) is 0 Å². The normalized spacial score (nSPS) is 12.1. The first-order valence-corrected chi connectivity index (χ1v) is 6.97. The zero-order valence-electron chi connectivity index (χ0n) is 12.7. The van der Waals surface area contributed by atoms with E-state index >= 15 is 0 Å². The molecule has 0 bridgehead atoms. The van der Waals surface area contributed by atoms with Gasteiger partial charge in [-0.2, -0.15) is 0 Å². The van der Waals surface area contributed by atoms with Crippen LogP contribution in [-0.4, -0.2) is 42.5 Å². The lowest BCUT2D eigenvalue weighted by Crippen LogP contribution is -2.23. The first kappa shape index (κ1) is 17.3. The molecule has 1 aromatic rings. The Kier molecular flexibility index (Phi) is 6.98. The molecule has 0 aliphatic heterocycles. The van der Waals surface area contributed by atoms with E-state index in [9.17, 15) is 9.90 Å². The number of anilines is 2. The zero-order chi connectivity index (χ0) is 15.8. The number of aliphatic hydroxyl groups is 2. The summed E-state index contributed by atoms with van der Waals surface area (Å²) in [5, 5.41) is 23.9. The molecule has 4 N–H and O–H groups in total. The molecule has 0 heterocycles. The van der Waals surface area contributed by atoms with Crippen LogP contribution >= 0.6 is 0 Å². The van der Waals surface area contributed by atoms with E-state index in [0.717, 1.165) is 5.69 Å². The van der Waals surface area contributed by atoms with Crippen LogP contribution in [0.25, 0.3) is 0 Å². The quantitative estimate of drug-likeness (QED) is 0.583. The van der Waals surface area contributed by atoms with Crippen LogP contribution in [0.2, 0.25) is 0 Å². The van der Waals surface area contributed by atoms with E-state index in [2.05, 4.69) is 10.6 Å². The Morgan fingerprint density at radius 3 is 2.67 bits per heavy atom. The Balaban J connectivity index is 2.72. The Bertz CT molecular complexity index is 463. The van der Waals surface area contributed by atoms with Crippen LogP contribution in [0.3, 0.4) is 0 Å². The van der Waals surface area contributed by atoms with Gasteiger partial charge in [0, 0.05) is 24.7 Å². The molecule has 1 aromatic carbocycles. The molecular weight excluding hydrogens is 272 g/mol. The fourth-order valence-corrected chi connectivity index (χ4v) is 1.78. The average Bonchev–Trinajstić information content (AvgIpc) is 2.44. The van der Waals surface area contributed by atoms with E-state index in [1.165, 1.54) is 7.11 Å². The number of nitrogens with one attached hydrogen (secondary N) is 2. The van der Waals surface area contributed by atoms with Crippen molar-refractivity contribution < 1.29 is 19.7 Å². The summed E-state index contributed by atoms with van der Waals surface area (Å²) in [4.78, 5) is 11.8. The topological polar surface area (TPSA) is 90.8 Å². The van der Waals surface area contributed by atoms with Gasteiger partial charge < -0.3 is 25.6 Å². The molecule has 0 aliphatic rings. The predicted octanol–water partition coefficient (Wildman–Crippen LogP) is 1.44. The highest BCUT2D eigenvalue weighted by Gasteiger charge is 2.10. The van der Waals surface area contributed by atoms with Crippen molar-refractivity contribution in [3.63, 3.8) is 0 Å². The molecule has 6 heteroatoms. The van der Waals surface area contributed by atoms with Crippen molar-refractivity contribution in [2.45, 2.75) is 26.4 Å². The van der Waals surface area contributed by atoms with Crippen LogP contribution in [-0.2, 0) is 4.79 Å². The Morgan fingerprint density at radius 2 is 2.10 bits per heavy atom. The lowest BCUT2D eigenvalue weighted by Gasteiger charge is -2.14. The maximum absolute atomic E-state index is 11.8. The van der Waals surface area contributed by atoms with Crippen LogP contribution in [0.15, 0.2) is 18.2 Å². The summed E-state index contributed by atoms with van der Waals surface area (Å²) in [6, 6.07) is 5.25. The van der Waals surface area contributed by atoms with Gasteiger partial charge in [0.2, 0.25) is 5.91 Å². The minimum atomic E-state index is -0.818. The zero-order valence-corrected chi connectivity index (χ0v) is 12.7. The Labute approximate surface area is 125 Å². The van der Waals surface area contributed by atoms with Crippen LogP contribution in [0, 0.1) is 5.92 Å². The number of amides is 1. The third-order valence-corrected chi connectivity index (χ3v) is 2.82. The second-order valence-corrected chi connectivity index (χ2v) is 5.28. The van der Waals surface area contributed by atoms with Gasteiger partial charge in [0.1, 0.15) is 5.75 Å². The van der Waals surface area contributed by atoms with Gasteiger partial charge >= 0.3 is 0 Å². The standard InChI is InChI=1S/C15H24N2O4/c1-10(2)6-15(20)17-13-5-4-11(7-14(13)21-3)16-8-12(19)9-18/h4-5,7,10,12,16,18-19H,6,8-9H2,1-3H3,(H,17,20). The number of benzene rings is 1. The van der Waals surface area contributed by atoms with Gasteiger partial charge in [-0.3, -0.25) is 4.79 Å². The van der Waals surface area contributed by atoms with E-state index in [-0.39, 0.29) is 25.0 Å². The highest BCUT2D eigenvalue weighted by atomic mass is 16.5. The van der Waals surface area contributed by atoms with E-state index in [1.54, 1.807) is 18.2 Å². The molecule has 0 saturated heterocycles. The molecule has 118 valence electrons. The van der Waals surface area contributed by atoms with Crippen LogP contribution in [0.1, 0.15) is 20.3 Å². The number of methoxy groups -OCH3 is 1. The van der Waals surface area contributed by atoms with E-state index in [1.807, 2.05) is 13.8 Å². The first-order valence-electron chi connectivity index (χ1n) is 6.97. The maximum atomic E-state index is 11.8. The summed E-state index contributed by atoms with van der Waals surface area (Å²) in [6.45, 7) is 3.90. The summed E-state index contributed by atoms with van der Waals surface area (Å²) >= 11 is 0. The summed E-state index contributed by atoms with van der Waals surface area (Å²) in [7, 11) is 1.53. The third kappa shape index (κ3) is 6.01. The van der Waals surface area contributed by atoms with Crippen molar-refractivity contribution >= 4 is 17.3 Å². The predicted molar refractivity (Wildman–Crippen MR) is 82.7 cm³/mol. The summed E-state index contributed by atoms with van der Waals surface area (Å²) in [6.07, 6.45) is -0.368. The maximum Gasteiger partial charge on any atom is 0.224 e. The molecule has 1 rings (SSSR count). The van der Waals surface area contributed by atoms with E-state index in [0.29, 0.717) is 17.9 Å². The molecule has 0 aromatic heterocycles. The van der Waals surface area contributed by atoms with Crippen LogP contribution in [0.4, 0.5) is 11.4 Å². The monoisotopic (exact) mass is 296 g/mol. The molecular formula is C15H24N2O4. The van der Waals surface area contributed by atoms with Gasteiger partial charge in [-0.25, -0.2) is 0 Å². The molecule has 1 amide bonds. The number of hydrogen-bond acceptors (Lipinski definition) is 5. The van der Waals surface area contributed by atoms with Crippen molar-refractivity contribution in [2.75, 3.05) is 30.9 Å². The molecule has 1 unspecified atom stereocenters. The lowest BCUT2D eigenvalue weighted by atomic mass is 10.1. The van der Waals surface area contributed by atoms with Crippen LogP contribution in [0.5, 0.6) is 5.75 Å². The fourth-order valence-electron chi connectivity index (χ4n) is 1.78. The highest BCUT2D eigenvalue weighted by molar-refractivity contribution is 5.92. The van der Waals surface area contributed by atoms with Crippen molar-refractivity contribution in [3.8, 4) is 5.75 Å². The molecule has 0 radical (unpaired) electrons. The third-order valence-electron chi connectivity index (χ3n) is 2.82. The molecule has 0 spiro atoms. The second kappa shape index (κ2) is 8.49. The minimum Gasteiger partial charge on any atom is -0.494 e. The smallest absolute Gasteiger partial charge is 0.224 e. The second-order valence-electron chi connectivity index (χ2n) is 5.28. The number of ether oxygens (including phenoxy) is 1. The van der Waals surface area contributed by atoms with Crippen molar-refractivity contribution in [1.29, 1.82) is 0 Å². The summed E-state index contributed by atoms with van der Waals surface area (Å²) in [5.74, 6) is 0.771. The highest BCUT2D eigenvalue weighted by Crippen LogP contribution is 2.28. The fraction of sp³-hybridized carbons (Fsp3) is 0.533. The number of rotatable bonds is 8. The van der Waals surface area contributed by atoms with Crippen molar-refractivity contribution in [2.24, 2.45) is 5.92 Å². The van der Waals surface area contributed by atoms with Gasteiger partial charge in [-0.15, -0.1) is 0 Å². The molecule has 6 nitrogen and oxygen atoms in total. The van der Waals surface area contributed by atoms with Gasteiger partial charge in [0.05, 0.1) is 25.5 Å². The van der Waals surface area contributed by atoms with Crippen LogP contribution < -0.4 is 15.4 Å². The molecule has 1 atom stereocenters. The molecule has 0 aliphatic carbocycles. The molecule has 0 saturated carbocycles. The SMILES string of the molecule is COc1cc(NCC(O)CO)ccc1NC(=O)CC(C)C. The van der Waals surface area contributed by atoms with Gasteiger partial charge in [-0.05, 0) is 18.1 Å². The number of hydrogen-bond donors (Lipinski definition) is 4. The Hall–Kier alpha value is -1.79. The largest absolute Gasteiger partial charge is 0.494 e. The van der Waals surface area contributed by atoms with Gasteiger partial charge in [0.15, 0.2) is 0 Å². The first-order chi connectivity index (χ1) is 9.96. The van der Waals surface area contributed by atoms with Gasteiger partial charge in [-0.1, -0.05) is 13.8 Å². The summed E-state index contributed by atoms with van der Waals surface area (Å²) in [5.41, 5.74) is 1.35. The lowest BCUT2D eigenvalue weighted by molar-refractivity contribution is -0.116. The van der Waals surface area contributed by atoms with E-state index in [4.69, 9.17) is 9.84 Å². The average molecular weight is 296 g/mol. The number of carbonyl (C=O) groups is 1. The molecule has 21 heavy (non-hydrogen) atoms. The Morgan fingerprint density at radius 1 is 1.38 bits per heavy atom. The van der Waals surface area contributed by atoms with E-state index < -0.39 is 6.10 Å². The number of carbonyl (C=O) groups excluding carboxylic acids is 1. The summed E-state index contributed by atoms with van der Waals surface area (Å²) < 4.78 is 5.26. The molecule has 0 fully saturated rings.